The molecule has 0 bridgehead atoms. The lowest BCUT2D eigenvalue weighted by Gasteiger charge is -2.41. The quantitative estimate of drug-likeness (QED) is 0.522. The van der Waals surface area contributed by atoms with Crippen LogP contribution < -0.4 is 0 Å². The van der Waals surface area contributed by atoms with E-state index in [0.29, 0.717) is 5.54 Å². The molecule has 1 spiro atoms. The van der Waals surface area contributed by atoms with Crippen LogP contribution in [0.3, 0.4) is 0 Å². The number of likely N-dealkylation sites (tertiary alicyclic amines) is 1. The van der Waals surface area contributed by atoms with E-state index in [1.807, 2.05) is 0 Å². The van der Waals surface area contributed by atoms with Crippen LogP contribution in [0.15, 0.2) is 0 Å². The molecule has 0 saturated carbocycles. The van der Waals surface area contributed by atoms with Gasteiger partial charge < -0.3 is 4.74 Å². The summed E-state index contributed by atoms with van der Waals surface area (Å²) in [4.78, 5) is 2.50. The van der Waals surface area contributed by atoms with Gasteiger partial charge in [-0.05, 0) is 32.9 Å². The van der Waals surface area contributed by atoms with Gasteiger partial charge in [-0.3, -0.25) is 4.90 Å². The van der Waals surface area contributed by atoms with Gasteiger partial charge in [-0.15, -0.1) is 0 Å². The molecule has 2 nitrogen and oxygen atoms in total. The zero-order valence-corrected chi connectivity index (χ0v) is 7.31. The van der Waals surface area contributed by atoms with E-state index in [0.717, 1.165) is 13.2 Å². The van der Waals surface area contributed by atoms with Gasteiger partial charge in [0, 0.05) is 12.1 Å². The van der Waals surface area contributed by atoms with Gasteiger partial charge in [0.2, 0.25) is 0 Å². The topological polar surface area (TPSA) is 12.5 Å². The van der Waals surface area contributed by atoms with Crippen molar-refractivity contribution in [2.75, 3.05) is 26.8 Å². The Morgan fingerprint density at radius 2 is 2.18 bits per heavy atom. The molecule has 2 aliphatic heterocycles. The summed E-state index contributed by atoms with van der Waals surface area (Å²) in [5, 5.41) is 0. The van der Waals surface area contributed by atoms with Gasteiger partial charge >= 0.3 is 0 Å². The van der Waals surface area contributed by atoms with E-state index >= 15 is 0 Å². The average Bonchev–Trinajstić information content (AvgIpc) is 2.46. The Balaban J connectivity index is 2.07. The Morgan fingerprint density at radius 3 is 2.82 bits per heavy atom. The first-order chi connectivity index (χ1) is 5.33. The van der Waals surface area contributed by atoms with E-state index in [1.54, 1.807) is 0 Å². The third kappa shape index (κ3) is 1.18. The highest BCUT2D eigenvalue weighted by molar-refractivity contribution is 4.94. The summed E-state index contributed by atoms with van der Waals surface area (Å²) in [5.74, 6) is 0. The number of hydrogen-bond acceptors (Lipinski definition) is 2. The highest BCUT2D eigenvalue weighted by Gasteiger charge is 2.39. The average molecular weight is 155 g/mol. The summed E-state index contributed by atoms with van der Waals surface area (Å²) in [6.07, 6.45) is 5.37. The molecule has 1 atom stereocenters. The lowest BCUT2D eigenvalue weighted by Crippen LogP contribution is -2.50. The predicted molar refractivity (Wildman–Crippen MR) is 44.6 cm³/mol. The zero-order valence-electron chi connectivity index (χ0n) is 7.31. The van der Waals surface area contributed by atoms with Gasteiger partial charge in [-0.1, -0.05) is 6.42 Å². The fourth-order valence-corrected chi connectivity index (χ4v) is 2.33. The van der Waals surface area contributed by atoms with E-state index in [2.05, 4.69) is 11.9 Å². The lowest BCUT2D eigenvalue weighted by molar-refractivity contribution is 0.0554. The normalized spacial score (nSPS) is 40.1. The third-order valence-corrected chi connectivity index (χ3v) is 3.28. The zero-order chi connectivity index (χ0) is 7.73. The molecular weight excluding hydrogens is 138 g/mol. The standard InChI is InChI=1S/C9H17NO/c1-10-6-3-2-4-9(10)5-7-11-8-9/h2-8H2,1H3. The summed E-state index contributed by atoms with van der Waals surface area (Å²) in [6.45, 7) is 3.22. The van der Waals surface area contributed by atoms with E-state index in [9.17, 15) is 0 Å². The highest BCUT2D eigenvalue weighted by Crippen LogP contribution is 2.33. The van der Waals surface area contributed by atoms with Gasteiger partial charge in [0.25, 0.3) is 0 Å². The minimum Gasteiger partial charge on any atom is -0.379 e. The van der Waals surface area contributed by atoms with E-state index < -0.39 is 0 Å². The van der Waals surface area contributed by atoms with E-state index in [4.69, 9.17) is 4.74 Å². The van der Waals surface area contributed by atoms with Crippen molar-refractivity contribution in [3.05, 3.63) is 0 Å². The van der Waals surface area contributed by atoms with Gasteiger partial charge in [-0.2, -0.15) is 0 Å². The molecule has 2 fully saturated rings. The first-order valence-electron chi connectivity index (χ1n) is 4.63. The fraction of sp³-hybridized carbons (Fsp3) is 1.00. The van der Waals surface area contributed by atoms with E-state index in [1.165, 1.54) is 32.2 Å². The van der Waals surface area contributed by atoms with Crippen LogP contribution in [0.5, 0.6) is 0 Å². The number of ether oxygens (including phenoxy) is 1. The van der Waals surface area contributed by atoms with Crippen LogP contribution >= 0.6 is 0 Å². The molecule has 0 aromatic carbocycles. The molecule has 2 rings (SSSR count). The molecule has 2 heteroatoms. The molecule has 0 aliphatic carbocycles. The summed E-state index contributed by atoms with van der Waals surface area (Å²) < 4.78 is 5.47. The molecule has 2 aliphatic rings. The number of nitrogens with zero attached hydrogens (tertiary/aromatic N) is 1. The van der Waals surface area contributed by atoms with Crippen LogP contribution in [-0.4, -0.2) is 37.2 Å². The smallest absolute Gasteiger partial charge is 0.0651 e. The van der Waals surface area contributed by atoms with Gasteiger partial charge in [0.15, 0.2) is 0 Å². The number of hydrogen-bond donors (Lipinski definition) is 0. The van der Waals surface area contributed by atoms with Crippen molar-refractivity contribution in [1.82, 2.24) is 4.90 Å². The van der Waals surface area contributed by atoms with Crippen molar-refractivity contribution in [3.8, 4) is 0 Å². The lowest BCUT2D eigenvalue weighted by atomic mass is 9.86. The van der Waals surface area contributed by atoms with Crippen molar-refractivity contribution in [1.29, 1.82) is 0 Å². The van der Waals surface area contributed by atoms with Crippen LogP contribution in [0.1, 0.15) is 25.7 Å². The van der Waals surface area contributed by atoms with Crippen LogP contribution in [0.25, 0.3) is 0 Å². The van der Waals surface area contributed by atoms with E-state index in [-0.39, 0.29) is 0 Å². The van der Waals surface area contributed by atoms with Crippen molar-refractivity contribution in [3.63, 3.8) is 0 Å². The molecule has 0 N–H and O–H groups in total. The molecule has 0 radical (unpaired) electrons. The molecule has 64 valence electrons. The molecule has 2 heterocycles. The first-order valence-corrected chi connectivity index (χ1v) is 4.63. The fourth-order valence-electron chi connectivity index (χ4n) is 2.33. The molecular formula is C9H17NO. The largest absolute Gasteiger partial charge is 0.379 e. The monoisotopic (exact) mass is 155 g/mol. The number of piperidine rings is 1. The Kier molecular flexibility index (Phi) is 1.90. The van der Waals surface area contributed by atoms with Gasteiger partial charge in [0.1, 0.15) is 0 Å². The Morgan fingerprint density at radius 1 is 1.27 bits per heavy atom. The minimum atomic E-state index is 0.443. The minimum absolute atomic E-state index is 0.443. The maximum atomic E-state index is 5.47. The van der Waals surface area contributed by atoms with Crippen LogP contribution in [0, 0.1) is 0 Å². The second kappa shape index (κ2) is 2.76. The Labute approximate surface area is 68.5 Å². The summed E-state index contributed by atoms with van der Waals surface area (Å²) in [5.41, 5.74) is 0.443. The molecule has 2 saturated heterocycles. The molecule has 11 heavy (non-hydrogen) atoms. The van der Waals surface area contributed by atoms with Crippen LogP contribution in [0.2, 0.25) is 0 Å². The maximum absolute atomic E-state index is 5.47. The van der Waals surface area contributed by atoms with Crippen LogP contribution in [0.4, 0.5) is 0 Å². The second-order valence-corrected chi connectivity index (χ2v) is 3.91. The van der Waals surface area contributed by atoms with Crippen LogP contribution in [-0.2, 0) is 4.74 Å². The van der Waals surface area contributed by atoms with Crippen molar-refractivity contribution < 1.29 is 4.74 Å². The number of likely N-dealkylation sites (N-methyl/N-ethyl adjacent to an activating group) is 1. The Hall–Kier alpha value is -0.0800. The molecule has 0 aromatic rings. The summed E-state index contributed by atoms with van der Waals surface area (Å²) in [7, 11) is 2.24. The molecule has 1 unspecified atom stereocenters. The maximum Gasteiger partial charge on any atom is 0.0651 e. The first kappa shape index (κ1) is 7.56. The Bertz CT molecular complexity index is 140. The van der Waals surface area contributed by atoms with Crippen molar-refractivity contribution in [2.24, 2.45) is 0 Å². The number of rotatable bonds is 0. The van der Waals surface area contributed by atoms with Gasteiger partial charge in [-0.25, -0.2) is 0 Å². The SMILES string of the molecule is CN1CCCCC12CCOC2. The molecule has 0 amide bonds. The summed E-state index contributed by atoms with van der Waals surface area (Å²) >= 11 is 0. The third-order valence-electron chi connectivity index (χ3n) is 3.28. The molecule has 0 aromatic heterocycles. The predicted octanol–water partition coefficient (Wildman–Crippen LogP) is 1.26. The highest BCUT2D eigenvalue weighted by atomic mass is 16.5. The second-order valence-electron chi connectivity index (χ2n) is 3.91. The van der Waals surface area contributed by atoms with Crippen molar-refractivity contribution in [2.45, 2.75) is 31.2 Å². The van der Waals surface area contributed by atoms with Gasteiger partial charge in [0.05, 0.1) is 6.61 Å². The van der Waals surface area contributed by atoms with Crippen molar-refractivity contribution >= 4 is 0 Å². The summed E-state index contributed by atoms with van der Waals surface area (Å²) in [6, 6.07) is 0.